The Morgan fingerprint density at radius 1 is 1.17 bits per heavy atom. The van der Waals surface area contributed by atoms with E-state index < -0.39 is 0 Å². The summed E-state index contributed by atoms with van der Waals surface area (Å²) in [7, 11) is 1.66. The van der Waals surface area contributed by atoms with Gasteiger partial charge in [-0.15, -0.1) is 0 Å². The fourth-order valence-corrected chi connectivity index (χ4v) is 2.91. The summed E-state index contributed by atoms with van der Waals surface area (Å²) in [5.74, 6) is 1.89. The third-order valence-corrected chi connectivity index (χ3v) is 4.67. The van der Waals surface area contributed by atoms with Gasteiger partial charge in [0.1, 0.15) is 17.1 Å². The second-order valence-electron chi connectivity index (χ2n) is 6.29. The van der Waals surface area contributed by atoms with Crippen LogP contribution in [0.15, 0.2) is 12.7 Å². The summed E-state index contributed by atoms with van der Waals surface area (Å²) < 4.78 is 22.5. The zero-order valence-electron chi connectivity index (χ0n) is 15.0. The van der Waals surface area contributed by atoms with Crippen LogP contribution in [0.2, 0.25) is 0 Å². The molecule has 1 atom stereocenters. The minimum atomic E-state index is -0.289. The number of ether oxygens (including phenoxy) is 4. The summed E-state index contributed by atoms with van der Waals surface area (Å²) >= 11 is 0. The molecular formula is C19H28O4. The largest absolute Gasteiger partial charge is 0.483 e. The highest BCUT2D eigenvalue weighted by molar-refractivity contribution is 5.59. The maximum Gasteiger partial charge on any atom is 0.189 e. The summed E-state index contributed by atoms with van der Waals surface area (Å²) in [4.78, 5) is 0. The fraction of sp³-hybridized carbons (Fsp3) is 0.579. The summed E-state index contributed by atoms with van der Waals surface area (Å²) in [6, 6.07) is 0. The van der Waals surface area contributed by atoms with Gasteiger partial charge in [-0.1, -0.05) is 6.58 Å². The molecule has 0 bridgehead atoms. The van der Waals surface area contributed by atoms with E-state index in [2.05, 4.69) is 34.3 Å². The lowest BCUT2D eigenvalue weighted by Crippen LogP contribution is -2.34. The predicted octanol–water partition coefficient (Wildman–Crippen LogP) is 3.88. The lowest BCUT2D eigenvalue weighted by Gasteiger charge is -2.36. The molecule has 1 heterocycles. The standard InChI is InChI=1S/C19H28O4/c1-7-19(5)9-8-16-15(4)17(22-12-21-11-10-20-6)13(2)14(3)18(16)23-19/h7H,1,8-12H2,2-6H3/t19-/m0/s1. The van der Waals surface area contributed by atoms with E-state index in [1.54, 1.807) is 7.11 Å². The summed E-state index contributed by atoms with van der Waals surface area (Å²) in [5, 5.41) is 0. The van der Waals surface area contributed by atoms with Crippen LogP contribution in [0.25, 0.3) is 0 Å². The van der Waals surface area contributed by atoms with Crippen molar-refractivity contribution in [2.24, 2.45) is 0 Å². The second-order valence-corrected chi connectivity index (χ2v) is 6.29. The van der Waals surface area contributed by atoms with E-state index in [9.17, 15) is 0 Å². The first-order valence-corrected chi connectivity index (χ1v) is 8.08. The average molecular weight is 320 g/mol. The van der Waals surface area contributed by atoms with Gasteiger partial charge in [-0.25, -0.2) is 0 Å². The van der Waals surface area contributed by atoms with Crippen LogP contribution in [0.5, 0.6) is 11.5 Å². The van der Waals surface area contributed by atoms with Gasteiger partial charge >= 0.3 is 0 Å². The molecule has 1 aromatic carbocycles. The Hall–Kier alpha value is -1.52. The van der Waals surface area contributed by atoms with Crippen LogP contribution in [0.4, 0.5) is 0 Å². The highest BCUT2D eigenvalue weighted by atomic mass is 16.7. The molecule has 0 saturated heterocycles. The number of fused-ring (bicyclic) bond motifs is 1. The van der Waals surface area contributed by atoms with Gasteiger partial charge in [-0.3, -0.25) is 0 Å². The molecule has 4 nitrogen and oxygen atoms in total. The zero-order valence-corrected chi connectivity index (χ0v) is 15.0. The molecule has 128 valence electrons. The molecule has 0 aromatic heterocycles. The lowest BCUT2D eigenvalue weighted by molar-refractivity contribution is -0.00924. The van der Waals surface area contributed by atoms with Crippen molar-refractivity contribution >= 4 is 0 Å². The average Bonchev–Trinajstić information content (AvgIpc) is 2.55. The number of benzene rings is 1. The maximum absolute atomic E-state index is 6.25. The van der Waals surface area contributed by atoms with Crippen LogP contribution in [0.3, 0.4) is 0 Å². The molecule has 0 saturated carbocycles. The molecule has 2 rings (SSSR count). The quantitative estimate of drug-likeness (QED) is 0.434. The topological polar surface area (TPSA) is 36.9 Å². The Balaban J connectivity index is 2.23. The van der Waals surface area contributed by atoms with E-state index in [-0.39, 0.29) is 12.4 Å². The molecular weight excluding hydrogens is 292 g/mol. The molecule has 0 spiro atoms. The van der Waals surface area contributed by atoms with E-state index >= 15 is 0 Å². The number of hydrogen-bond acceptors (Lipinski definition) is 4. The first kappa shape index (κ1) is 17.8. The van der Waals surface area contributed by atoms with Crippen molar-refractivity contribution in [1.29, 1.82) is 0 Å². The Labute approximate surface area is 139 Å². The van der Waals surface area contributed by atoms with E-state index in [0.717, 1.165) is 41.0 Å². The van der Waals surface area contributed by atoms with E-state index in [0.29, 0.717) is 13.2 Å². The molecule has 0 radical (unpaired) electrons. The number of hydrogen-bond donors (Lipinski definition) is 0. The van der Waals surface area contributed by atoms with Crippen LogP contribution >= 0.6 is 0 Å². The highest BCUT2D eigenvalue weighted by Gasteiger charge is 2.32. The molecule has 1 aromatic rings. The molecule has 1 aliphatic heterocycles. The first-order valence-electron chi connectivity index (χ1n) is 8.08. The van der Waals surface area contributed by atoms with Crippen molar-refractivity contribution in [2.45, 2.75) is 46.1 Å². The van der Waals surface area contributed by atoms with E-state index in [4.69, 9.17) is 18.9 Å². The first-order chi connectivity index (χ1) is 10.9. The minimum absolute atomic E-state index is 0.231. The molecule has 0 fully saturated rings. The Kier molecular flexibility index (Phi) is 5.71. The van der Waals surface area contributed by atoms with Gasteiger partial charge in [0.2, 0.25) is 0 Å². The molecule has 1 aliphatic rings. The fourth-order valence-electron chi connectivity index (χ4n) is 2.91. The van der Waals surface area contributed by atoms with Gasteiger partial charge in [0, 0.05) is 12.7 Å². The van der Waals surface area contributed by atoms with Crippen molar-refractivity contribution < 1.29 is 18.9 Å². The number of rotatable bonds is 7. The highest BCUT2D eigenvalue weighted by Crippen LogP contribution is 2.43. The van der Waals surface area contributed by atoms with Crippen molar-refractivity contribution in [3.8, 4) is 11.5 Å². The van der Waals surface area contributed by atoms with Gasteiger partial charge in [0.05, 0.1) is 13.2 Å². The van der Waals surface area contributed by atoms with Crippen molar-refractivity contribution in [1.82, 2.24) is 0 Å². The third-order valence-electron chi connectivity index (χ3n) is 4.67. The Morgan fingerprint density at radius 2 is 1.91 bits per heavy atom. The van der Waals surface area contributed by atoms with Crippen LogP contribution in [-0.4, -0.2) is 32.7 Å². The smallest absolute Gasteiger partial charge is 0.189 e. The van der Waals surface area contributed by atoms with Crippen molar-refractivity contribution in [3.63, 3.8) is 0 Å². The molecule has 23 heavy (non-hydrogen) atoms. The lowest BCUT2D eigenvalue weighted by atomic mass is 9.87. The second kappa shape index (κ2) is 7.37. The van der Waals surface area contributed by atoms with Crippen LogP contribution < -0.4 is 9.47 Å². The van der Waals surface area contributed by atoms with Crippen molar-refractivity contribution in [2.75, 3.05) is 27.1 Å². The van der Waals surface area contributed by atoms with Crippen molar-refractivity contribution in [3.05, 3.63) is 34.9 Å². The zero-order chi connectivity index (χ0) is 17.0. The van der Waals surface area contributed by atoms with Gasteiger partial charge in [0.25, 0.3) is 0 Å². The monoisotopic (exact) mass is 320 g/mol. The van der Waals surface area contributed by atoms with Gasteiger partial charge < -0.3 is 18.9 Å². The van der Waals surface area contributed by atoms with Gasteiger partial charge in [-0.2, -0.15) is 0 Å². The molecule has 4 heteroatoms. The summed E-state index contributed by atoms with van der Waals surface area (Å²) in [5.41, 5.74) is 4.32. The predicted molar refractivity (Wildman–Crippen MR) is 91.5 cm³/mol. The Morgan fingerprint density at radius 3 is 2.57 bits per heavy atom. The summed E-state index contributed by atoms with van der Waals surface area (Å²) in [6.45, 7) is 13.6. The van der Waals surface area contributed by atoms with Crippen LogP contribution in [0.1, 0.15) is 35.6 Å². The van der Waals surface area contributed by atoms with Crippen LogP contribution in [-0.2, 0) is 15.9 Å². The minimum Gasteiger partial charge on any atom is -0.483 e. The SMILES string of the molecule is C=C[C@@]1(C)CCc2c(C)c(OCOCCOC)c(C)c(C)c2O1. The molecule has 0 unspecified atom stereocenters. The number of methoxy groups -OCH3 is 1. The summed E-state index contributed by atoms with van der Waals surface area (Å²) in [6.07, 6.45) is 3.79. The molecule has 0 aliphatic carbocycles. The Bertz CT molecular complexity index is 579. The van der Waals surface area contributed by atoms with Gasteiger partial charge in [0.15, 0.2) is 6.79 Å². The normalized spacial score (nSPS) is 19.9. The maximum atomic E-state index is 6.25. The van der Waals surface area contributed by atoms with E-state index in [1.165, 1.54) is 5.56 Å². The van der Waals surface area contributed by atoms with Crippen LogP contribution in [0, 0.1) is 20.8 Å². The molecule has 0 amide bonds. The third kappa shape index (κ3) is 3.70. The molecule has 0 N–H and O–H groups in total. The van der Waals surface area contributed by atoms with E-state index in [1.807, 2.05) is 6.08 Å². The van der Waals surface area contributed by atoms with Gasteiger partial charge in [-0.05, 0) is 63.3 Å².